The molecule has 0 radical (unpaired) electrons. The number of carbonyl (C=O) groups is 3. The minimum Gasteiger partial charge on any atom is -0.481 e. The van der Waals surface area contributed by atoms with E-state index in [2.05, 4.69) is 0 Å². The van der Waals surface area contributed by atoms with Crippen LogP contribution in [0.1, 0.15) is 33.2 Å². The molecule has 0 saturated heterocycles. The first-order chi connectivity index (χ1) is 9.01. The second kappa shape index (κ2) is 6.94. The van der Waals surface area contributed by atoms with Gasteiger partial charge in [-0.05, 0) is 31.5 Å². The third kappa shape index (κ3) is 3.82. The summed E-state index contributed by atoms with van der Waals surface area (Å²) in [6.07, 6.45) is 0.627. The number of aliphatic carboxylic acids is 1. The van der Waals surface area contributed by atoms with Crippen LogP contribution in [0.3, 0.4) is 0 Å². The molecule has 1 aromatic rings. The Balaban J connectivity index is 3.11. The van der Waals surface area contributed by atoms with Gasteiger partial charge in [0.1, 0.15) is 0 Å². The summed E-state index contributed by atoms with van der Waals surface area (Å²) in [4.78, 5) is 33.9. The minimum atomic E-state index is -0.964. The van der Waals surface area contributed by atoms with Crippen LogP contribution in [0.5, 0.6) is 0 Å². The lowest BCUT2D eigenvalue weighted by Crippen LogP contribution is -2.09. The molecule has 0 spiro atoms. The van der Waals surface area contributed by atoms with Gasteiger partial charge in [-0.1, -0.05) is 0 Å². The Morgan fingerprint density at radius 3 is 2.63 bits per heavy atom. The summed E-state index contributed by atoms with van der Waals surface area (Å²) in [5.41, 5.74) is 1.16. The number of thioether (sulfide) groups is 1. The number of benzene rings is 1. The van der Waals surface area contributed by atoms with Gasteiger partial charge in [0.05, 0.1) is 17.9 Å². The van der Waals surface area contributed by atoms with Crippen LogP contribution in [-0.2, 0) is 9.53 Å². The van der Waals surface area contributed by atoms with E-state index < -0.39 is 11.9 Å². The molecule has 0 heterocycles. The molecule has 1 rings (SSSR count). The zero-order valence-corrected chi connectivity index (χ0v) is 11.5. The van der Waals surface area contributed by atoms with Crippen molar-refractivity contribution in [1.29, 1.82) is 0 Å². The van der Waals surface area contributed by atoms with Crippen LogP contribution in [0.25, 0.3) is 0 Å². The predicted molar refractivity (Wildman–Crippen MR) is 70.9 cm³/mol. The third-order valence-electron chi connectivity index (χ3n) is 2.44. The Labute approximate surface area is 115 Å². The van der Waals surface area contributed by atoms with Gasteiger partial charge in [-0.15, -0.1) is 11.8 Å². The van der Waals surface area contributed by atoms with Crippen molar-refractivity contribution in [3.8, 4) is 0 Å². The maximum atomic E-state index is 11.7. The number of hydrogen-bond donors (Lipinski definition) is 1. The number of rotatable bonds is 6. The highest BCUT2D eigenvalue weighted by molar-refractivity contribution is 8.00. The fourth-order valence-corrected chi connectivity index (χ4v) is 2.35. The summed E-state index contributed by atoms with van der Waals surface area (Å²) >= 11 is 1.04. The number of aldehydes is 1. The lowest BCUT2D eigenvalue weighted by molar-refractivity contribution is -0.133. The topological polar surface area (TPSA) is 80.7 Å². The van der Waals surface area contributed by atoms with E-state index in [1.807, 2.05) is 0 Å². The minimum absolute atomic E-state index is 0.140. The van der Waals surface area contributed by atoms with Crippen molar-refractivity contribution in [2.24, 2.45) is 0 Å². The summed E-state index contributed by atoms with van der Waals surface area (Å²) in [6, 6.07) is 3.11. The van der Waals surface area contributed by atoms with Crippen molar-refractivity contribution in [3.63, 3.8) is 0 Å². The largest absolute Gasteiger partial charge is 0.481 e. The molecule has 0 atom stereocenters. The molecule has 0 aliphatic rings. The summed E-state index contributed by atoms with van der Waals surface area (Å²) in [5.74, 6) is -1.59. The first kappa shape index (κ1) is 15.2. The molecule has 1 aromatic carbocycles. The summed E-state index contributed by atoms with van der Waals surface area (Å²) in [6.45, 7) is 3.59. The monoisotopic (exact) mass is 282 g/mol. The van der Waals surface area contributed by atoms with Gasteiger partial charge in [0.25, 0.3) is 0 Å². The molecule has 0 fully saturated rings. The van der Waals surface area contributed by atoms with E-state index in [0.29, 0.717) is 27.9 Å². The molecule has 0 saturated carbocycles. The van der Waals surface area contributed by atoms with Crippen molar-refractivity contribution in [3.05, 3.63) is 28.8 Å². The van der Waals surface area contributed by atoms with Crippen LogP contribution in [0.4, 0.5) is 0 Å². The maximum absolute atomic E-state index is 11.7. The number of carboxylic acids is 1. The first-order valence-corrected chi connectivity index (χ1v) is 6.60. The van der Waals surface area contributed by atoms with E-state index in [-0.39, 0.29) is 12.4 Å². The fourth-order valence-electron chi connectivity index (χ4n) is 1.55. The van der Waals surface area contributed by atoms with Crippen molar-refractivity contribution in [2.75, 3.05) is 12.4 Å². The Morgan fingerprint density at radius 1 is 1.42 bits per heavy atom. The number of carbonyl (C=O) groups excluding carboxylic acids is 2. The molecule has 0 unspecified atom stereocenters. The Kier molecular flexibility index (Phi) is 5.57. The number of carboxylic acid groups (broad SMARTS) is 1. The zero-order chi connectivity index (χ0) is 14.4. The average Bonchev–Trinajstić information content (AvgIpc) is 2.36. The Hall–Kier alpha value is -1.82. The lowest BCUT2D eigenvalue weighted by Gasteiger charge is -2.11. The smallest absolute Gasteiger partial charge is 0.338 e. The highest BCUT2D eigenvalue weighted by Gasteiger charge is 2.16. The Bertz CT molecular complexity index is 510. The molecule has 102 valence electrons. The first-order valence-electron chi connectivity index (χ1n) is 5.61. The van der Waals surface area contributed by atoms with E-state index in [1.54, 1.807) is 26.0 Å². The van der Waals surface area contributed by atoms with E-state index >= 15 is 0 Å². The fraction of sp³-hybridized carbons (Fsp3) is 0.308. The zero-order valence-electron chi connectivity index (χ0n) is 10.6. The van der Waals surface area contributed by atoms with Gasteiger partial charge in [-0.2, -0.15) is 0 Å². The van der Waals surface area contributed by atoms with Crippen LogP contribution in [0, 0.1) is 6.92 Å². The van der Waals surface area contributed by atoms with Crippen molar-refractivity contribution >= 4 is 30.0 Å². The predicted octanol–water partition coefficient (Wildman–Crippen LogP) is 2.16. The van der Waals surface area contributed by atoms with Gasteiger partial charge >= 0.3 is 11.9 Å². The van der Waals surface area contributed by atoms with Gasteiger partial charge in [0.15, 0.2) is 6.29 Å². The highest BCUT2D eigenvalue weighted by Crippen LogP contribution is 2.26. The van der Waals surface area contributed by atoms with Crippen LogP contribution in [0.15, 0.2) is 17.0 Å². The molecule has 0 aliphatic heterocycles. The van der Waals surface area contributed by atoms with Gasteiger partial charge < -0.3 is 9.84 Å². The summed E-state index contributed by atoms with van der Waals surface area (Å²) in [5, 5.41) is 8.64. The van der Waals surface area contributed by atoms with Gasteiger partial charge in [-0.25, -0.2) is 4.79 Å². The van der Waals surface area contributed by atoms with Crippen LogP contribution >= 0.6 is 11.8 Å². The van der Waals surface area contributed by atoms with Crippen LogP contribution in [0.2, 0.25) is 0 Å². The molecule has 1 N–H and O–H groups in total. The molecule has 19 heavy (non-hydrogen) atoms. The molecule has 5 nitrogen and oxygen atoms in total. The normalized spacial score (nSPS) is 10.0. The van der Waals surface area contributed by atoms with Gasteiger partial charge in [0.2, 0.25) is 0 Å². The average molecular weight is 282 g/mol. The number of esters is 1. The second-order valence-electron chi connectivity index (χ2n) is 3.67. The molecular formula is C13H14O5S. The Morgan fingerprint density at radius 2 is 2.11 bits per heavy atom. The van der Waals surface area contributed by atoms with Gasteiger partial charge in [0, 0.05) is 10.5 Å². The molecule has 6 heteroatoms. The number of ether oxygens (including phenoxy) is 1. The van der Waals surface area contributed by atoms with Crippen LogP contribution < -0.4 is 0 Å². The quantitative estimate of drug-likeness (QED) is 0.489. The molecule has 0 aliphatic carbocycles. The molecule has 0 bridgehead atoms. The highest BCUT2D eigenvalue weighted by atomic mass is 32.2. The van der Waals surface area contributed by atoms with Gasteiger partial charge in [-0.3, -0.25) is 9.59 Å². The van der Waals surface area contributed by atoms with E-state index in [0.717, 1.165) is 11.8 Å². The third-order valence-corrected chi connectivity index (χ3v) is 3.50. The SMILES string of the molecule is CCOC(=O)c1ccc(SCC(=O)O)c(C=O)c1C. The summed E-state index contributed by atoms with van der Waals surface area (Å²) < 4.78 is 4.89. The van der Waals surface area contributed by atoms with Crippen LogP contribution in [-0.4, -0.2) is 35.7 Å². The maximum Gasteiger partial charge on any atom is 0.338 e. The molecule has 0 aromatic heterocycles. The second-order valence-corrected chi connectivity index (χ2v) is 4.69. The standard InChI is InChI=1S/C13H14O5S/c1-3-18-13(17)9-4-5-11(19-7-12(15)16)10(6-14)8(9)2/h4-6H,3,7H2,1-2H3,(H,15,16). The summed E-state index contributed by atoms with van der Waals surface area (Å²) in [7, 11) is 0. The molecular weight excluding hydrogens is 268 g/mol. The van der Waals surface area contributed by atoms with E-state index in [1.165, 1.54) is 0 Å². The van der Waals surface area contributed by atoms with Crippen molar-refractivity contribution in [1.82, 2.24) is 0 Å². The number of hydrogen-bond acceptors (Lipinski definition) is 5. The van der Waals surface area contributed by atoms with Crippen molar-refractivity contribution < 1.29 is 24.2 Å². The van der Waals surface area contributed by atoms with Crippen molar-refractivity contribution in [2.45, 2.75) is 18.7 Å². The van der Waals surface area contributed by atoms with E-state index in [4.69, 9.17) is 9.84 Å². The lowest BCUT2D eigenvalue weighted by atomic mass is 10.0. The molecule has 0 amide bonds. The van der Waals surface area contributed by atoms with E-state index in [9.17, 15) is 14.4 Å².